The van der Waals surface area contributed by atoms with Crippen LogP contribution in [0.4, 0.5) is 5.69 Å². The Balaban J connectivity index is 1.46. The molecule has 26 heavy (non-hydrogen) atoms. The molecule has 1 aromatic carbocycles. The summed E-state index contributed by atoms with van der Waals surface area (Å²) in [6.07, 6.45) is 7.09. The molecule has 1 aliphatic heterocycles. The van der Waals surface area contributed by atoms with E-state index in [-0.39, 0.29) is 5.91 Å². The number of likely N-dealkylation sites (tertiary alicyclic amines) is 1. The van der Waals surface area contributed by atoms with E-state index in [1.54, 1.807) is 0 Å². The number of hydrogen-bond donors (Lipinski definition) is 2. The summed E-state index contributed by atoms with van der Waals surface area (Å²) in [4.78, 5) is 19.0. The van der Waals surface area contributed by atoms with E-state index >= 15 is 0 Å². The van der Waals surface area contributed by atoms with Crippen molar-refractivity contribution in [2.75, 3.05) is 32.0 Å². The lowest BCUT2D eigenvalue weighted by Crippen LogP contribution is -2.42. The maximum Gasteiger partial charge on any atom is 0.226 e. The first-order chi connectivity index (χ1) is 12.5. The van der Waals surface area contributed by atoms with Gasteiger partial charge < -0.3 is 15.5 Å². The molecule has 1 aliphatic carbocycles. The lowest BCUT2D eigenvalue weighted by Gasteiger charge is -2.25. The van der Waals surface area contributed by atoms with Crippen LogP contribution in [0, 0.1) is 12.3 Å². The van der Waals surface area contributed by atoms with E-state index in [1.807, 2.05) is 32.2 Å². The van der Waals surface area contributed by atoms with E-state index < -0.39 is 0 Å². The van der Waals surface area contributed by atoms with Gasteiger partial charge in [0, 0.05) is 43.8 Å². The molecule has 0 unspecified atom stereocenters. The van der Waals surface area contributed by atoms with Gasteiger partial charge in [0.2, 0.25) is 5.91 Å². The quantitative estimate of drug-likeness (QED) is 0.620. The molecule has 2 N–H and O–H groups in total. The molecule has 1 saturated carbocycles. The van der Waals surface area contributed by atoms with Gasteiger partial charge in [-0.1, -0.05) is 30.5 Å². The first-order valence-electron chi connectivity index (χ1n) is 9.54. The minimum Gasteiger partial charge on any atom is -0.356 e. The molecule has 1 heterocycles. The number of rotatable bonds is 4. The molecular weight excluding hydrogens is 348 g/mol. The molecule has 1 amide bonds. The third-order valence-electron chi connectivity index (χ3n) is 5.79. The van der Waals surface area contributed by atoms with E-state index in [0.29, 0.717) is 23.4 Å². The zero-order valence-electron chi connectivity index (χ0n) is 15.8. The third kappa shape index (κ3) is 4.32. The summed E-state index contributed by atoms with van der Waals surface area (Å²) in [5, 5.41) is 6.95. The molecule has 0 bridgehead atoms. The van der Waals surface area contributed by atoms with Crippen LogP contribution >= 0.6 is 11.6 Å². The van der Waals surface area contributed by atoms with Crippen molar-refractivity contribution in [1.29, 1.82) is 0 Å². The predicted octanol–water partition coefficient (Wildman–Crippen LogP) is 3.82. The van der Waals surface area contributed by atoms with Crippen molar-refractivity contribution in [3.63, 3.8) is 0 Å². The van der Waals surface area contributed by atoms with Crippen molar-refractivity contribution in [2.24, 2.45) is 10.4 Å². The van der Waals surface area contributed by atoms with Crippen molar-refractivity contribution in [3.05, 3.63) is 28.8 Å². The highest BCUT2D eigenvalue weighted by Crippen LogP contribution is 2.45. The maximum absolute atomic E-state index is 12.2. The molecule has 142 valence electrons. The standard InChI is InChI=1S/C20H29ClN4O/c1-15-16(21)6-5-7-17(15)24-18(26)8-12-23-19(22-2)25-13-11-20(14-25)9-3-4-10-20/h5-7H,3-4,8-14H2,1-2H3,(H,22,23)(H,24,26). The van der Waals surface area contributed by atoms with Crippen LogP contribution in [0.1, 0.15) is 44.1 Å². The molecule has 6 heteroatoms. The van der Waals surface area contributed by atoms with E-state index in [2.05, 4.69) is 20.5 Å². The number of amides is 1. The van der Waals surface area contributed by atoms with Crippen LogP contribution in [0.2, 0.25) is 5.02 Å². The van der Waals surface area contributed by atoms with Crippen LogP contribution in [0.5, 0.6) is 0 Å². The van der Waals surface area contributed by atoms with E-state index in [0.717, 1.165) is 30.3 Å². The van der Waals surface area contributed by atoms with Crippen LogP contribution in [0.15, 0.2) is 23.2 Å². The van der Waals surface area contributed by atoms with Crippen LogP contribution < -0.4 is 10.6 Å². The number of carbonyl (C=O) groups is 1. The molecule has 0 atom stereocenters. The lowest BCUT2D eigenvalue weighted by atomic mass is 9.86. The van der Waals surface area contributed by atoms with Gasteiger partial charge in [0.15, 0.2) is 5.96 Å². The summed E-state index contributed by atoms with van der Waals surface area (Å²) in [7, 11) is 1.82. The maximum atomic E-state index is 12.2. The van der Waals surface area contributed by atoms with Gasteiger partial charge in [0.1, 0.15) is 0 Å². The predicted molar refractivity (Wildman–Crippen MR) is 108 cm³/mol. The van der Waals surface area contributed by atoms with Crippen molar-refractivity contribution < 1.29 is 4.79 Å². The van der Waals surface area contributed by atoms with Crippen LogP contribution in [-0.2, 0) is 4.79 Å². The highest BCUT2D eigenvalue weighted by atomic mass is 35.5. The monoisotopic (exact) mass is 376 g/mol. The van der Waals surface area contributed by atoms with Gasteiger partial charge in [-0.3, -0.25) is 9.79 Å². The number of hydrogen-bond acceptors (Lipinski definition) is 2. The van der Waals surface area contributed by atoms with Gasteiger partial charge in [-0.25, -0.2) is 0 Å². The van der Waals surface area contributed by atoms with Crippen LogP contribution in [-0.4, -0.2) is 43.4 Å². The summed E-state index contributed by atoms with van der Waals surface area (Å²) >= 11 is 6.10. The van der Waals surface area contributed by atoms with Gasteiger partial charge in [-0.2, -0.15) is 0 Å². The Bertz CT molecular complexity index is 682. The molecule has 0 aromatic heterocycles. The fourth-order valence-corrected chi connectivity index (χ4v) is 4.40. The topological polar surface area (TPSA) is 56.7 Å². The van der Waals surface area contributed by atoms with Gasteiger partial charge >= 0.3 is 0 Å². The van der Waals surface area contributed by atoms with E-state index in [1.165, 1.54) is 32.1 Å². The molecule has 3 rings (SSSR count). The Morgan fingerprint density at radius 2 is 2.08 bits per heavy atom. The Kier molecular flexibility index (Phi) is 6.07. The molecule has 1 spiro atoms. The SMILES string of the molecule is CN=C(NCCC(=O)Nc1cccc(Cl)c1C)N1CCC2(CCCC2)C1. The zero-order chi connectivity index (χ0) is 18.6. The normalized spacial score (nSPS) is 19.2. The van der Waals surface area contributed by atoms with Crippen molar-refractivity contribution in [2.45, 2.75) is 45.4 Å². The Morgan fingerprint density at radius 3 is 2.81 bits per heavy atom. The molecule has 2 fully saturated rings. The van der Waals surface area contributed by atoms with Crippen molar-refractivity contribution >= 4 is 29.2 Å². The first-order valence-corrected chi connectivity index (χ1v) is 9.91. The summed E-state index contributed by atoms with van der Waals surface area (Å²) < 4.78 is 0. The summed E-state index contributed by atoms with van der Waals surface area (Å²) in [6.45, 7) is 4.64. The summed E-state index contributed by atoms with van der Waals surface area (Å²) in [5.41, 5.74) is 2.18. The summed E-state index contributed by atoms with van der Waals surface area (Å²) in [6, 6.07) is 5.54. The molecule has 5 nitrogen and oxygen atoms in total. The van der Waals surface area contributed by atoms with E-state index in [4.69, 9.17) is 11.6 Å². The highest BCUT2D eigenvalue weighted by molar-refractivity contribution is 6.31. The second-order valence-electron chi connectivity index (χ2n) is 7.56. The minimum absolute atomic E-state index is 0.0213. The van der Waals surface area contributed by atoms with Gasteiger partial charge in [-0.05, 0) is 49.3 Å². The Hall–Kier alpha value is -1.75. The lowest BCUT2D eigenvalue weighted by molar-refractivity contribution is -0.116. The van der Waals surface area contributed by atoms with Crippen LogP contribution in [0.25, 0.3) is 0 Å². The average Bonchev–Trinajstić information content (AvgIpc) is 3.26. The fraction of sp³-hybridized carbons (Fsp3) is 0.600. The average molecular weight is 377 g/mol. The molecule has 0 radical (unpaired) electrons. The number of benzene rings is 1. The molecule has 2 aliphatic rings. The van der Waals surface area contributed by atoms with Gasteiger partial charge in [0.25, 0.3) is 0 Å². The number of aliphatic imine (C=N–C) groups is 1. The Labute approximate surface area is 161 Å². The highest BCUT2D eigenvalue weighted by Gasteiger charge is 2.41. The number of nitrogens with one attached hydrogen (secondary N) is 2. The number of guanidine groups is 1. The van der Waals surface area contributed by atoms with Crippen molar-refractivity contribution in [1.82, 2.24) is 10.2 Å². The van der Waals surface area contributed by atoms with Gasteiger partial charge in [-0.15, -0.1) is 0 Å². The summed E-state index contributed by atoms with van der Waals surface area (Å²) in [5.74, 6) is 0.896. The largest absolute Gasteiger partial charge is 0.356 e. The van der Waals surface area contributed by atoms with Crippen molar-refractivity contribution in [3.8, 4) is 0 Å². The van der Waals surface area contributed by atoms with E-state index in [9.17, 15) is 4.79 Å². The number of anilines is 1. The zero-order valence-corrected chi connectivity index (χ0v) is 16.5. The van der Waals surface area contributed by atoms with Gasteiger partial charge in [0.05, 0.1) is 0 Å². The minimum atomic E-state index is -0.0213. The smallest absolute Gasteiger partial charge is 0.226 e. The second-order valence-corrected chi connectivity index (χ2v) is 7.97. The number of carbonyl (C=O) groups excluding carboxylic acids is 1. The number of nitrogens with zero attached hydrogens (tertiary/aromatic N) is 2. The third-order valence-corrected chi connectivity index (χ3v) is 6.20. The van der Waals surface area contributed by atoms with Crippen LogP contribution in [0.3, 0.4) is 0 Å². The number of halogens is 1. The Morgan fingerprint density at radius 1 is 1.31 bits per heavy atom. The molecular formula is C20H29ClN4O. The second kappa shape index (κ2) is 8.30. The molecule has 1 aromatic rings. The first kappa shape index (κ1) is 19.0. The fourth-order valence-electron chi connectivity index (χ4n) is 4.22. The molecule has 1 saturated heterocycles.